The Balaban J connectivity index is 1.49. The second-order valence-corrected chi connectivity index (χ2v) is 22.0. The van der Waals surface area contributed by atoms with Gasteiger partial charge in [-0.15, -0.1) is 0 Å². The van der Waals surface area contributed by atoms with E-state index >= 15 is 0 Å². The van der Waals surface area contributed by atoms with Gasteiger partial charge in [-0.3, -0.25) is 0 Å². The molecule has 0 bridgehead atoms. The number of benzene rings is 6. The van der Waals surface area contributed by atoms with Gasteiger partial charge in [-0.05, 0) is 93.6 Å². The van der Waals surface area contributed by atoms with Crippen molar-refractivity contribution in [2.75, 3.05) is 28.4 Å². The monoisotopic (exact) mass is 928 g/mol. The van der Waals surface area contributed by atoms with Crippen LogP contribution in [-0.4, -0.2) is 28.4 Å². The quantitative estimate of drug-likeness (QED) is 0.145. The van der Waals surface area contributed by atoms with Gasteiger partial charge in [0.2, 0.25) is 0 Å². The highest BCUT2D eigenvalue weighted by Crippen LogP contribution is 2.58. The molecular formula is C55H62O9P2. The van der Waals surface area contributed by atoms with Crippen molar-refractivity contribution >= 4 is 39.2 Å². The lowest BCUT2D eigenvalue weighted by molar-refractivity contribution is 0.407. The van der Waals surface area contributed by atoms with Crippen LogP contribution in [0.4, 0.5) is 0 Å². The van der Waals surface area contributed by atoms with Crippen molar-refractivity contribution in [3.05, 3.63) is 125 Å². The Morgan fingerprint density at radius 3 is 1.42 bits per heavy atom. The maximum Gasteiger partial charge on any atom is 0.453 e. The molecule has 1 unspecified atom stereocenters. The fourth-order valence-electron chi connectivity index (χ4n) is 8.94. The highest BCUT2D eigenvalue weighted by Gasteiger charge is 2.40. The normalized spacial score (nSPS) is 14.0. The van der Waals surface area contributed by atoms with E-state index in [1.807, 2.05) is 66.7 Å². The molecule has 1 aromatic heterocycles. The Hall–Kier alpha value is -5.75. The van der Waals surface area contributed by atoms with E-state index in [4.69, 9.17) is 40.9 Å². The number of hydrogen-bond donors (Lipinski definition) is 0. The summed E-state index contributed by atoms with van der Waals surface area (Å²) in [5.41, 5.74) is 7.74. The van der Waals surface area contributed by atoms with Gasteiger partial charge in [0.1, 0.15) is 51.4 Å². The molecule has 0 fully saturated rings. The summed E-state index contributed by atoms with van der Waals surface area (Å²) in [6.07, 6.45) is 0. The van der Waals surface area contributed by atoms with Gasteiger partial charge in [0, 0.05) is 49.6 Å². The van der Waals surface area contributed by atoms with Crippen LogP contribution in [0.15, 0.2) is 105 Å². The van der Waals surface area contributed by atoms with Crippen LogP contribution < -0.4 is 32.5 Å². The van der Waals surface area contributed by atoms with Crippen LogP contribution in [0, 0.1) is 0 Å². The summed E-state index contributed by atoms with van der Waals surface area (Å²) in [6.45, 7) is 24.2. The highest BCUT2D eigenvalue weighted by atomic mass is 31.1. The maximum atomic E-state index is 7.19. The highest BCUT2D eigenvalue weighted by molar-refractivity contribution is 7.32. The lowest BCUT2D eigenvalue weighted by Crippen LogP contribution is -2.28. The Morgan fingerprint density at radius 1 is 0.485 bits per heavy atom. The standard InChI is InChI=1S/C55H62O9P2/c1-52(2,3)42-28-32(56-12)24-38-39-25-33(57-13)29-43(53(4,5)6)49(39)60-65-61-50-40(26-35(59-15)31-45(50)55(10,11)48(38)42)41-27-34(58-14)30-44(54(7,8)9)51(41)64-66-62-46-22-18-16-20-36(46)37-21-17-19-23-47(37)63-66/h16-31,65H,1-15H3. The summed E-state index contributed by atoms with van der Waals surface area (Å²) in [5.74, 6) is 4.65. The molecule has 7 aromatic rings. The molecule has 1 aliphatic rings. The second kappa shape index (κ2) is 17.5. The largest absolute Gasteiger partial charge is 0.497 e. The molecule has 9 nitrogen and oxygen atoms in total. The molecule has 6 aromatic carbocycles. The molecule has 1 atom stereocenters. The van der Waals surface area contributed by atoms with Crippen molar-refractivity contribution in [2.24, 2.45) is 0 Å². The van der Waals surface area contributed by atoms with Crippen molar-refractivity contribution in [1.82, 2.24) is 0 Å². The van der Waals surface area contributed by atoms with E-state index in [0.29, 0.717) is 39.7 Å². The molecule has 0 saturated carbocycles. The predicted octanol–water partition coefficient (Wildman–Crippen LogP) is 16.0. The zero-order chi connectivity index (χ0) is 47.5. The van der Waals surface area contributed by atoms with Gasteiger partial charge in [0.05, 0.1) is 28.4 Å². The summed E-state index contributed by atoms with van der Waals surface area (Å²) < 4.78 is 59.1. The van der Waals surface area contributed by atoms with Crippen LogP contribution in [0.2, 0.25) is 0 Å². The average molecular weight is 929 g/mol. The molecule has 8 rings (SSSR count). The van der Waals surface area contributed by atoms with Crippen LogP contribution in [0.25, 0.3) is 44.2 Å². The van der Waals surface area contributed by atoms with Crippen LogP contribution in [0.1, 0.15) is 104 Å². The van der Waals surface area contributed by atoms with E-state index in [0.717, 1.165) is 72.5 Å². The fourth-order valence-corrected chi connectivity index (χ4v) is 10.7. The second-order valence-electron chi connectivity index (χ2n) is 20.4. The summed E-state index contributed by atoms with van der Waals surface area (Å²) in [7, 11) is 4.28. The smallest absolute Gasteiger partial charge is 0.453 e. The van der Waals surface area contributed by atoms with Crippen molar-refractivity contribution in [3.63, 3.8) is 0 Å². The minimum absolute atomic E-state index is 0.327. The Morgan fingerprint density at radius 2 is 0.909 bits per heavy atom. The lowest BCUT2D eigenvalue weighted by Gasteiger charge is -2.38. The molecule has 0 N–H and O–H groups in total. The number of ether oxygens (including phenoxy) is 4. The Labute approximate surface area is 392 Å². The van der Waals surface area contributed by atoms with E-state index in [2.05, 4.69) is 106 Å². The van der Waals surface area contributed by atoms with E-state index in [1.54, 1.807) is 28.4 Å². The number of rotatable bonds is 7. The number of methoxy groups -OCH3 is 4. The first-order valence-corrected chi connectivity index (χ1v) is 24.1. The first-order valence-electron chi connectivity index (χ1n) is 22.2. The molecule has 0 aliphatic carbocycles. The van der Waals surface area contributed by atoms with E-state index in [9.17, 15) is 0 Å². The van der Waals surface area contributed by atoms with E-state index < -0.39 is 28.1 Å². The van der Waals surface area contributed by atoms with Gasteiger partial charge in [0.15, 0.2) is 0 Å². The van der Waals surface area contributed by atoms with Crippen molar-refractivity contribution < 1.29 is 40.9 Å². The molecule has 0 radical (unpaired) electrons. The minimum Gasteiger partial charge on any atom is -0.497 e. The summed E-state index contributed by atoms with van der Waals surface area (Å²) in [6, 6.07) is 32.4. The van der Waals surface area contributed by atoms with Gasteiger partial charge < -0.3 is 40.9 Å². The Bertz CT molecular complexity index is 2960. The third kappa shape index (κ3) is 8.69. The summed E-state index contributed by atoms with van der Waals surface area (Å²) in [4.78, 5) is 0. The van der Waals surface area contributed by atoms with Gasteiger partial charge in [-0.2, -0.15) is 0 Å². The third-order valence-corrected chi connectivity index (χ3v) is 14.0. The van der Waals surface area contributed by atoms with Gasteiger partial charge >= 0.3 is 8.24 Å². The zero-order valence-corrected chi connectivity index (χ0v) is 42.8. The van der Waals surface area contributed by atoms with Crippen molar-refractivity contribution in [3.8, 4) is 62.5 Å². The van der Waals surface area contributed by atoms with E-state index in [-0.39, 0.29) is 10.8 Å². The molecule has 346 valence electrons. The molecule has 11 heteroatoms. The van der Waals surface area contributed by atoms with Gasteiger partial charge in [-0.25, -0.2) is 0 Å². The number of para-hydroxylation sites is 2. The first kappa shape index (κ1) is 46.8. The number of fused-ring (bicyclic) bond motifs is 7. The van der Waals surface area contributed by atoms with Crippen LogP contribution in [-0.2, 0) is 21.7 Å². The molecule has 66 heavy (non-hydrogen) atoms. The summed E-state index contributed by atoms with van der Waals surface area (Å²) in [5, 5.41) is 1.85. The molecule has 1 aliphatic heterocycles. The molecule has 0 saturated heterocycles. The maximum absolute atomic E-state index is 7.19. The topological polar surface area (TPSA) is 90.9 Å². The zero-order valence-electron chi connectivity index (χ0n) is 40.9. The SMILES string of the molecule is COc1cc(-c2cc(OC)cc3c2OPOc2c(cc(OC)cc2C(C)(C)C)-c2cc(OC)cc(C(C)(C)C)c2C3(C)C)c(Op2oc3ccccc3c3ccccc3o2)c(C(C)(C)C)c1. The molecular weight excluding hydrogens is 867 g/mol. The van der Waals surface area contributed by atoms with Crippen molar-refractivity contribution in [2.45, 2.75) is 97.8 Å². The van der Waals surface area contributed by atoms with Crippen molar-refractivity contribution in [1.29, 1.82) is 0 Å². The Kier molecular flexibility index (Phi) is 12.4. The number of hydrogen-bond acceptors (Lipinski definition) is 9. The predicted molar refractivity (Wildman–Crippen MR) is 270 cm³/mol. The van der Waals surface area contributed by atoms with Crippen LogP contribution in [0.3, 0.4) is 0 Å². The van der Waals surface area contributed by atoms with Gasteiger partial charge in [0.25, 0.3) is 9.03 Å². The van der Waals surface area contributed by atoms with Crippen LogP contribution >= 0.6 is 17.3 Å². The lowest BCUT2D eigenvalue weighted by atomic mass is 9.67. The summed E-state index contributed by atoms with van der Waals surface area (Å²) >= 11 is 0. The minimum atomic E-state index is -2.05. The molecule has 2 heterocycles. The van der Waals surface area contributed by atoms with Gasteiger partial charge in [-0.1, -0.05) is 113 Å². The average Bonchev–Trinajstić information content (AvgIpc) is 3.43. The third-order valence-electron chi connectivity index (χ3n) is 12.4. The van der Waals surface area contributed by atoms with Crippen LogP contribution in [0.5, 0.6) is 40.2 Å². The molecule has 0 spiro atoms. The fraction of sp³-hybridized carbons (Fsp3) is 0.345. The van der Waals surface area contributed by atoms with E-state index in [1.165, 1.54) is 0 Å². The molecule has 0 amide bonds. The first-order chi connectivity index (χ1) is 31.2.